The third kappa shape index (κ3) is 3.50. The molecule has 0 aliphatic heterocycles. The molecule has 9 nitrogen and oxygen atoms in total. The first-order valence-electron chi connectivity index (χ1n) is 8.89. The molecule has 0 bridgehead atoms. The Morgan fingerprint density at radius 2 is 1.86 bits per heavy atom. The molecule has 0 aromatic carbocycles. The number of rotatable bonds is 5. The van der Waals surface area contributed by atoms with Gasteiger partial charge in [0.15, 0.2) is 10.7 Å². The van der Waals surface area contributed by atoms with Gasteiger partial charge in [0.05, 0.1) is 0 Å². The second kappa shape index (κ2) is 7.12. The summed E-state index contributed by atoms with van der Waals surface area (Å²) in [6.45, 7) is 4.32. The summed E-state index contributed by atoms with van der Waals surface area (Å²) in [5.41, 5.74) is 9.07. The van der Waals surface area contributed by atoms with Crippen molar-refractivity contribution < 1.29 is 0 Å². The van der Waals surface area contributed by atoms with Gasteiger partial charge in [0.1, 0.15) is 10.7 Å². The van der Waals surface area contributed by atoms with Crippen molar-refractivity contribution in [2.75, 3.05) is 24.7 Å². The summed E-state index contributed by atoms with van der Waals surface area (Å²) in [6, 6.07) is 3.91. The van der Waals surface area contributed by atoms with Crippen molar-refractivity contribution in [2.24, 2.45) is 5.92 Å². The van der Waals surface area contributed by atoms with E-state index in [1.165, 1.54) is 0 Å². The Bertz CT molecular complexity index is 1110. The van der Waals surface area contributed by atoms with Crippen molar-refractivity contribution in [3.05, 3.63) is 29.5 Å². The maximum absolute atomic E-state index is 5.84. The number of anilines is 2. The predicted octanol–water partition coefficient (Wildman–Crippen LogP) is 2.55. The minimum atomic E-state index is 0.213. The van der Waals surface area contributed by atoms with E-state index < -0.39 is 0 Å². The summed E-state index contributed by atoms with van der Waals surface area (Å²) < 4.78 is 1.70. The summed E-state index contributed by atoms with van der Waals surface area (Å²) in [6.07, 6.45) is 4.48. The second-order valence-corrected chi connectivity index (χ2v) is 8.20. The number of aromatic nitrogens is 7. The molecule has 4 aromatic heterocycles. The van der Waals surface area contributed by atoms with Crippen LogP contribution in [-0.4, -0.2) is 48.9 Å². The second-order valence-electron chi connectivity index (χ2n) is 7.13. The summed E-state index contributed by atoms with van der Waals surface area (Å²) in [7, 11) is 3.81. The highest BCUT2D eigenvalue weighted by Gasteiger charge is 2.16. The van der Waals surface area contributed by atoms with Crippen molar-refractivity contribution in [1.82, 2.24) is 34.8 Å². The maximum atomic E-state index is 5.84. The van der Waals surface area contributed by atoms with Crippen LogP contribution in [0.25, 0.3) is 27.5 Å². The van der Waals surface area contributed by atoms with Crippen LogP contribution < -0.4 is 10.6 Å². The van der Waals surface area contributed by atoms with E-state index in [4.69, 9.17) is 5.73 Å². The molecule has 0 saturated heterocycles. The fraction of sp³-hybridized carbons (Fsp3) is 0.333. The molecule has 4 heterocycles. The average Bonchev–Trinajstić information content (AvgIpc) is 3.25. The monoisotopic (exact) mass is 395 g/mol. The van der Waals surface area contributed by atoms with Gasteiger partial charge in [-0.15, -0.1) is 15.3 Å². The Balaban J connectivity index is 1.82. The quantitative estimate of drug-likeness (QED) is 0.549. The molecule has 4 aromatic rings. The van der Waals surface area contributed by atoms with E-state index in [2.05, 4.69) is 44.1 Å². The van der Waals surface area contributed by atoms with Crippen LogP contribution in [0.4, 0.5) is 11.9 Å². The maximum Gasteiger partial charge on any atom is 0.240 e. The van der Waals surface area contributed by atoms with Crippen molar-refractivity contribution >= 4 is 28.9 Å². The smallest absolute Gasteiger partial charge is 0.240 e. The van der Waals surface area contributed by atoms with Gasteiger partial charge in [-0.1, -0.05) is 25.2 Å². The number of hydrogen-bond donors (Lipinski definition) is 1. The normalized spacial score (nSPS) is 11.5. The Morgan fingerprint density at radius 3 is 2.54 bits per heavy atom. The van der Waals surface area contributed by atoms with Crippen LogP contribution in [0.2, 0.25) is 0 Å². The zero-order valence-corrected chi connectivity index (χ0v) is 17.0. The molecule has 0 saturated carbocycles. The molecule has 0 unspecified atom stereocenters. The molecule has 0 radical (unpaired) electrons. The first-order chi connectivity index (χ1) is 13.4. The molecule has 0 fully saturated rings. The Kier molecular flexibility index (Phi) is 4.63. The SMILES string of the molecule is CC(C)Cc1nnc(-c2cc(-c3cnc(N(C)C)nc3)cc3nc(N)nn23)s1. The Labute approximate surface area is 166 Å². The average molecular weight is 395 g/mol. The minimum absolute atomic E-state index is 0.213. The van der Waals surface area contributed by atoms with Gasteiger partial charge in [-0.05, 0) is 23.6 Å². The van der Waals surface area contributed by atoms with Crippen molar-refractivity contribution in [1.29, 1.82) is 0 Å². The summed E-state index contributed by atoms with van der Waals surface area (Å²) >= 11 is 1.56. The fourth-order valence-corrected chi connectivity index (χ4v) is 3.86. The Hall–Kier alpha value is -3.14. The van der Waals surface area contributed by atoms with E-state index in [0.29, 0.717) is 17.5 Å². The first kappa shape index (κ1) is 18.2. The van der Waals surface area contributed by atoms with E-state index in [9.17, 15) is 0 Å². The van der Waals surface area contributed by atoms with Crippen molar-refractivity contribution in [3.8, 4) is 21.8 Å². The highest BCUT2D eigenvalue weighted by atomic mass is 32.1. The number of nitrogens with two attached hydrogens (primary N) is 1. The van der Waals surface area contributed by atoms with Gasteiger partial charge in [-0.25, -0.2) is 14.5 Å². The minimum Gasteiger partial charge on any atom is -0.366 e. The third-order valence-electron chi connectivity index (χ3n) is 4.09. The number of fused-ring (bicyclic) bond motifs is 1. The van der Waals surface area contributed by atoms with E-state index in [0.717, 1.165) is 33.3 Å². The van der Waals surface area contributed by atoms with Gasteiger partial charge in [-0.2, -0.15) is 4.98 Å². The van der Waals surface area contributed by atoms with Crippen molar-refractivity contribution in [2.45, 2.75) is 20.3 Å². The van der Waals surface area contributed by atoms with Gasteiger partial charge in [0.25, 0.3) is 0 Å². The number of nitrogens with zero attached hydrogens (tertiary/aromatic N) is 8. The summed E-state index contributed by atoms with van der Waals surface area (Å²) in [5, 5.41) is 14.8. The van der Waals surface area contributed by atoms with Gasteiger partial charge in [0, 0.05) is 38.5 Å². The first-order valence-corrected chi connectivity index (χ1v) is 9.71. The van der Waals surface area contributed by atoms with Crippen LogP contribution in [0.1, 0.15) is 18.9 Å². The molecule has 10 heteroatoms. The zero-order valence-electron chi connectivity index (χ0n) is 16.2. The molecular weight excluding hydrogens is 374 g/mol. The van der Waals surface area contributed by atoms with Gasteiger partial charge >= 0.3 is 0 Å². The van der Waals surface area contributed by atoms with Crippen LogP contribution in [0.3, 0.4) is 0 Å². The van der Waals surface area contributed by atoms with Gasteiger partial charge in [0.2, 0.25) is 11.9 Å². The third-order valence-corrected chi connectivity index (χ3v) is 5.06. The van der Waals surface area contributed by atoms with E-state index in [1.54, 1.807) is 28.2 Å². The number of hydrogen-bond acceptors (Lipinski definition) is 9. The highest BCUT2D eigenvalue weighted by molar-refractivity contribution is 7.14. The lowest BCUT2D eigenvalue weighted by atomic mass is 10.1. The zero-order chi connectivity index (χ0) is 19.8. The number of pyridine rings is 1. The molecule has 2 N–H and O–H groups in total. The van der Waals surface area contributed by atoms with E-state index in [1.807, 2.05) is 31.1 Å². The van der Waals surface area contributed by atoms with Crippen LogP contribution >= 0.6 is 11.3 Å². The van der Waals surface area contributed by atoms with E-state index >= 15 is 0 Å². The largest absolute Gasteiger partial charge is 0.366 e. The molecule has 28 heavy (non-hydrogen) atoms. The van der Waals surface area contributed by atoms with Crippen LogP contribution in [0.5, 0.6) is 0 Å². The lowest BCUT2D eigenvalue weighted by Gasteiger charge is -2.10. The van der Waals surface area contributed by atoms with Crippen LogP contribution in [-0.2, 0) is 6.42 Å². The Morgan fingerprint density at radius 1 is 1.11 bits per heavy atom. The molecule has 0 amide bonds. The van der Waals surface area contributed by atoms with Gasteiger partial charge in [-0.3, -0.25) is 0 Å². The molecule has 144 valence electrons. The number of nitrogen functional groups attached to an aromatic ring is 1. The molecule has 0 aliphatic rings. The lowest BCUT2D eigenvalue weighted by molar-refractivity contribution is 0.640. The summed E-state index contributed by atoms with van der Waals surface area (Å²) in [4.78, 5) is 15.0. The standard InChI is InChI=1S/C18H21N9S/c1-10(2)5-15-23-24-16(28-15)13-6-11(7-14-22-17(19)25-27(13)14)12-8-20-18(21-9-12)26(3)4/h6-10H,5H2,1-4H3,(H2,19,25). The molecular formula is C18H21N9S. The summed E-state index contributed by atoms with van der Waals surface area (Å²) in [5.74, 6) is 1.38. The lowest BCUT2D eigenvalue weighted by Crippen LogP contribution is -2.12. The van der Waals surface area contributed by atoms with Gasteiger partial charge < -0.3 is 10.6 Å². The van der Waals surface area contributed by atoms with Crippen molar-refractivity contribution in [3.63, 3.8) is 0 Å². The predicted molar refractivity (Wildman–Crippen MR) is 110 cm³/mol. The molecule has 0 aliphatic carbocycles. The molecule has 0 spiro atoms. The fourth-order valence-electron chi connectivity index (χ4n) is 2.81. The van der Waals surface area contributed by atoms with E-state index in [-0.39, 0.29) is 5.95 Å². The highest BCUT2D eigenvalue weighted by Crippen LogP contribution is 2.30. The molecule has 0 atom stereocenters. The molecule has 4 rings (SSSR count). The topological polar surface area (TPSA) is 111 Å². The van der Waals surface area contributed by atoms with Crippen LogP contribution in [0, 0.1) is 5.92 Å². The van der Waals surface area contributed by atoms with Crippen LogP contribution in [0.15, 0.2) is 24.5 Å².